The van der Waals surface area contributed by atoms with Crippen molar-refractivity contribution in [1.82, 2.24) is 0 Å². The van der Waals surface area contributed by atoms with Gasteiger partial charge in [0, 0.05) is 0 Å². The van der Waals surface area contributed by atoms with Crippen molar-refractivity contribution in [3.63, 3.8) is 0 Å². The number of rotatable bonds is 5. The van der Waals surface area contributed by atoms with Crippen molar-refractivity contribution in [2.45, 2.75) is 26.7 Å². The summed E-state index contributed by atoms with van der Waals surface area (Å²) < 4.78 is 5.29. The molecule has 0 saturated carbocycles. The van der Waals surface area contributed by atoms with Gasteiger partial charge in [-0.25, -0.2) is 0 Å². The number of hydrogen-bond acceptors (Lipinski definition) is 3. The maximum Gasteiger partial charge on any atom is 0.555 e. The quantitative estimate of drug-likeness (QED) is 0.749. The zero-order chi connectivity index (χ0) is 12.0. The van der Waals surface area contributed by atoms with E-state index in [1.54, 1.807) is 18.2 Å². The normalized spacial score (nSPS) is 11.3. The Morgan fingerprint density at radius 1 is 1.38 bits per heavy atom. The molecule has 16 heavy (non-hydrogen) atoms. The van der Waals surface area contributed by atoms with Crippen LogP contribution < -0.4 is 4.65 Å². The van der Waals surface area contributed by atoms with Crippen LogP contribution >= 0.6 is 0 Å². The Balaban J connectivity index is 2.74. The predicted octanol–water partition coefficient (Wildman–Crippen LogP) is 2.54. The number of phenolic OH excluding ortho intramolecular Hbond substituents is 1. The minimum Gasteiger partial charge on any atom is -0.530 e. The van der Waals surface area contributed by atoms with E-state index in [4.69, 9.17) is 4.65 Å². The minimum absolute atomic E-state index is 0.0356. The van der Waals surface area contributed by atoms with Crippen molar-refractivity contribution in [1.29, 1.82) is 0 Å². The topological polar surface area (TPSA) is 49.7 Å². The first-order chi connectivity index (χ1) is 7.69. The summed E-state index contributed by atoms with van der Waals surface area (Å²) >= 11 is 0. The van der Waals surface area contributed by atoms with Crippen LogP contribution in [0.25, 0.3) is 0 Å². The monoisotopic (exact) mass is 220 g/mol. The second kappa shape index (κ2) is 6.23. The lowest BCUT2D eigenvalue weighted by Crippen LogP contribution is -2.24. The zero-order valence-electron chi connectivity index (χ0n) is 9.68. The maximum absolute atomic E-state index is 9.82. The van der Waals surface area contributed by atoms with Crippen molar-refractivity contribution in [2.24, 2.45) is 0 Å². The van der Waals surface area contributed by atoms with Crippen LogP contribution in [0.4, 0.5) is 0 Å². The molecule has 4 heteroatoms. The van der Waals surface area contributed by atoms with Crippen molar-refractivity contribution < 1.29 is 14.8 Å². The fraction of sp³-hybridized carbons (Fsp3) is 0.333. The van der Waals surface area contributed by atoms with Gasteiger partial charge in [-0.2, -0.15) is 0 Å². The molecular weight excluding hydrogens is 203 g/mol. The molecule has 0 aliphatic rings. The number of benzene rings is 1. The Bertz CT molecular complexity index is 363. The first-order valence-corrected chi connectivity index (χ1v) is 5.50. The van der Waals surface area contributed by atoms with E-state index in [2.05, 4.69) is 0 Å². The Hall–Kier alpha value is -1.42. The highest BCUT2D eigenvalue weighted by Crippen LogP contribution is 2.25. The molecule has 1 aromatic carbocycles. The highest BCUT2D eigenvalue weighted by molar-refractivity contribution is 6.53. The van der Waals surface area contributed by atoms with E-state index in [9.17, 15) is 10.1 Å². The maximum atomic E-state index is 9.82. The Morgan fingerprint density at radius 3 is 2.62 bits per heavy atom. The molecule has 0 aromatic heterocycles. The summed E-state index contributed by atoms with van der Waals surface area (Å²) in [6.07, 6.45) is 3.51. The van der Waals surface area contributed by atoms with Gasteiger partial charge >= 0.3 is 7.12 Å². The molecule has 0 unspecified atom stereocenters. The van der Waals surface area contributed by atoms with Gasteiger partial charge in [-0.05, 0) is 30.4 Å². The van der Waals surface area contributed by atoms with Gasteiger partial charge in [0.1, 0.15) is 5.75 Å². The Morgan fingerprint density at radius 2 is 2.06 bits per heavy atom. The molecule has 2 N–H and O–H groups in total. The molecule has 0 amide bonds. The molecule has 1 aromatic rings. The van der Waals surface area contributed by atoms with Gasteiger partial charge in [-0.15, -0.1) is 0 Å². The lowest BCUT2D eigenvalue weighted by molar-refractivity contribution is 0.393. The first-order valence-electron chi connectivity index (χ1n) is 5.50. The summed E-state index contributed by atoms with van der Waals surface area (Å²) in [5.74, 6) is 0.332. The average molecular weight is 220 g/mol. The summed E-state index contributed by atoms with van der Waals surface area (Å²) in [5.41, 5.74) is 0.825. The summed E-state index contributed by atoms with van der Waals surface area (Å²) in [6, 6.07) is 6.60. The number of hydrogen-bond donors (Lipinski definition) is 2. The summed E-state index contributed by atoms with van der Waals surface area (Å²) in [7, 11) is -0.988. The molecule has 0 aliphatic heterocycles. The number of allylic oxidation sites excluding steroid dienone is 2. The van der Waals surface area contributed by atoms with Crippen LogP contribution in [0.2, 0.25) is 0 Å². The van der Waals surface area contributed by atoms with Crippen molar-refractivity contribution >= 4 is 7.12 Å². The number of phenols is 1. The number of para-hydroxylation sites is 2. The number of aromatic hydroxyl groups is 1. The van der Waals surface area contributed by atoms with Gasteiger partial charge < -0.3 is 14.8 Å². The molecule has 1 rings (SSSR count). The zero-order valence-corrected chi connectivity index (χ0v) is 9.68. The molecule has 0 spiro atoms. The molecule has 0 aliphatic carbocycles. The smallest absolute Gasteiger partial charge is 0.530 e. The van der Waals surface area contributed by atoms with Gasteiger partial charge in [0.25, 0.3) is 0 Å². The van der Waals surface area contributed by atoms with E-state index in [1.807, 2.05) is 19.9 Å². The van der Waals surface area contributed by atoms with E-state index < -0.39 is 7.12 Å². The third-order valence-electron chi connectivity index (χ3n) is 2.30. The Kier molecular flexibility index (Phi) is 4.93. The first kappa shape index (κ1) is 12.7. The van der Waals surface area contributed by atoms with Crippen LogP contribution in [0.5, 0.6) is 11.5 Å². The van der Waals surface area contributed by atoms with E-state index in [1.165, 1.54) is 6.07 Å². The standard InChI is InChI=1S/C12H17BO3/c1-3-7-10(4-2)13(15)16-12-9-6-5-8-11(12)14/h5-9,14-15H,3-4H2,1-2H3/b10-7+. The molecule has 0 atom stereocenters. The molecular formula is C12H17BO3. The molecule has 0 heterocycles. The lowest BCUT2D eigenvalue weighted by atomic mass is 9.76. The second-order valence-corrected chi connectivity index (χ2v) is 3.48. The Labute approximate surface area is 96.5 Å². The SMILES string of the molecule is CC/C=C(\CC)B(O)Oc1ccccc1O. The summed E-state index contributed by atoms with van der Waals surface area (Å²) in [6.45, 7) is 3.96. The van der Waals surface area contributed by atoms with Crippen LogP contribution in [0, 0.1) is 0 Å². The third-order valence-corrected chi connectivity index (χ3v) is 2.30. The predicted molar refractivity (Wildman–Crippen MR) is 65.4 cm³/mol. The van der Waals surface area contributed by atoms with Gasteiger partial charge in [0.15, 0.2) is 5.75 Å². The van der Waals surface area contributed by atoms with Crippen molar-refractivity contribution in [2.75, 3.05) is 0 Å². The average Bonchev–Trinajstić information content (AvgIpc) is 2.29. The molecule has 0 saturated heterocycles. The molecule has 86 valence electrons. The van der Waals surface area contributed by atoms with Gasteiger partial charge in [-0.3, -0.25) is 0 Å². The van der Waals surface area contributed by atoms with E-state index in [0.717, 1.165) is 18.3 Å². The van der Waals surface area contributed by atoms with Gasteiger partial charge in [0.2, 0.25) is 0 Å². The fourth-order valence-electron chi connectivity index (χ4n) is 1.43. The molecule has 0 fully saturated rings. The highest BCUT2D eigenvalue weighted by atomic mass is 16.5. The van der Waals surface area contributed by atoms with Crippen LogP contribution in [-0.4, -0.2) is 17.2 Å². The molecule has 0 radical (unpaired) electrons. The van der Waals surface area contributed by atoms with E-state index in [0.29, 0.717) is 5.75 Å². The summed E-state index contributed by atoms with van der Waals surface area (Å²) in [4.78, 5) is 0. The van der Waals surface area contributed by atoms with E-state index >= 15 is 0 Å². The van der Waals surface area contributed by atoms with Gasteiger partial charge in [0.05, 0.1) is 0 Å². The largest absolute Gasteiger partial charge is 0.555 e. The van der Waals surface area contributed by atoms with Crippen LogP contribution in [0.3, 0.4) is 0 Å². The lowest BCUT2D eigenvalue weighted by Gasteiger charge is -2.12. The third kappa shape index (κ3) is 3.31. The molecule has 3 nitrogen and oxygen atoms in total. The van der Waals surface area contributed by atoms with E-state index in [-0.39, 0.29) is 5.75 Å². The minimum atomic E-state index is -0.988. The van der Waals surface area contributed by atoms with Gasteiger partial charge in [-0.1, -0.05) is 32.1 Å². The van der Waals surface area contributed by atoms with Crippen molar-refractivity contribution in [3.8, 4) is 11.5 Å². The molecule has 0 bridgehead atoms. The van der Waals surface area contributed by atoms with Crippen LogP contribution in [0.1, 0.15) is 26.7 Å². The van der Waals surface area contributed by atoms with Crippen LogP contribution in [0.15, 0.2) is 35.8 Å². The second-order valence-electron chi connectivity index (χ2n) is 3.48. The van der Waals surface area contributed by atoms with Crippen molar-refractivity contribution in [3.05, 3.63) is 35.8 Å². The fourth-order valence-corrected chi connectivity index (χ4v) is 1.43. The van der Waals surface area contributed by atoms with Crippen LogP contribution in [-0.2, 0) is 0 Å². The highest BCUT2D eigenvalue weighted by Gasteiger charge is 2.21. The summed E-state index contributed by atoms with van der Waals surface area (Å²) in [5, 5.41) is 19.3.